The van der Waals surface area contributed by atoms with Gasteiger partial charge < -0.3 is 15.2 Å². The van der Waals surface area contributed by atoms with Gasteiger partial charge in [0.2, 0.25) is 0 Å². The standard InChI is InChI=1S/C12H16F3NO2S/c1-18-8-10(17)7-16-6-9-2-4-11(5-3-9)19-12(13,14)15/h2-5,10,16-17H,6-8H2,1H3. The van der Waals surface area contributed by atoms with E-state index in [1.54, 1.807) is 12.1 Å². The van der Waals surface area contributed by atoms with Crippen molar-refractivity contribution in [2.45, 2.75) is 23.1 Å². The summed E-state index contributed by atoms with van der Waals surface area (Å²) >= 11 is -0.132. The molecule has 0 aliphatic heterocycles. The van der Waals surface area contributed by atoms with Crippen molar-refractivity contribution >= 4 is 11.8 Å². The lowest BCUT2D eigenvalue weighted by atomic mass is 10.2. The zero-order chi connectivity index (χ0) is 14.3. The largest absolute Gasteiger partial charge is 0.446 e. The van der Waals surface area contributed by atoms with Gasteiger partial charge in [0.15, 0.2) is 0 Å². The highest BCUT2D eigenvalue weighted by molar-refractivity contribution is 8.00. The Kier molecular flexibility index (Phi) is 6.64. The number of hydrogen-bond donors (Lipinski definition) is 2. The molecule has 0 bridgehead atoms. The average molecular weight is 295 g/mol. The molecule has 1 atom stereocenters. The Bertz CT molecular complexity index is 370. The second kappa shape index (κ2) is 7.74. The molecule has 1 rings (SSSR count). The van der Waals surface area contributed by atoms with E-state index < -0.39 is 11.6 Å². The van der Waals surface area contributed by atoms with Crippen molar-refractivity contribution in [1.29, 1.82) is 0 Å². The second-order valence-electron chi connectivity index (χ2n) is 3.93. The zero-order valence-electron chi connectivity index (χ0n) is 10.4. The number of methoxy groups -OCH3 is 1. The predicted molar refractivity (Wildman–Crippen MR) is 67.9 cm³/mol. The summed E-state index contributed by atoms with van der Waals surface area (Å²) in [5.74, 6) is 0. The van der Waals surface area contributed by atoms with Gasteiger partial charge in [0.25, 0.3) is 0 Å². The van der Waals surface area contributed by atoms with Crippen LogP contribution in [0.25, 0.3) is 0 Å². The summed E-state index contributed by atoms with van der Waals surface area (Å²) in [5.41, 5.74) is -3.40. The van der Waals surface area contributed by atoms with Crippen LogP contribution in [0.1, 0.15) is 5.56 Å². The van der Waals surface area contributed by atoms with Gasteiger partial charge in [-0.3, -0.25) is 0 Å². The number of rotatable bonds is 7. The molecule has 1 unspecified atom stereocenters. The van der Waals surface area contributed by atoms with E-state index in [4.69, 9.17) is 4.74 Å². The Balaban J connectivity index is 2.36. The molecule has 3 nitrogen and oxygen atoms in total. The van der Waals surface area contributed by atoms with Crippen molar-refractivity contribution in [3.05, 3.63) is 29.8 Å². The SMILES string of the molecule is COCC(O)CNCc1ccc(SC(F)(F)F)cc1. The number of hydrogen-bond acceptors (Lipinski definition) is 4. The van der Waals surface area contributed by atoms with Crippen LogP contribution in [0.4, 0.5) is 13.2 Å². The minimum atomic E-state index is -4.26. The van der Waals surface area contributed by atoms with Gasteiger partial charge in [-0.1, -0.05) is 12.1 Å². The number of aliphatic hydroxyl groups is 1. The molecule has 1 aromatic rings. The molecule has 0 saturated carbocycles. The molecule has 108 valence electrons. The van der Waals surface area contributed by atoms with Gasteiger partial charge in [0.05, 0.1) is 12.7 Å². The first-order valence-electron chi connectivity index (χ1n) is 5.63. The van der Waals surface area contributed by atoms with E-state index in [9.17, 15) is 18.3 Å². The van der Waals surface area contributed by atoms with Crippen LogP contribution in [-0.2, 0) is 11.3 Å². The molecule has 0 aliphatic carbocycles. The van der Waals surface area contributed by atoms with Gasteiger partial charge in [-0.05, 0) is 29.5 Å². The first kappa shape index (κ1) is 16.3. The second-order valence-corrected chi connectivity index (χ2v) is 5.07. The third-order valence-electron chi connectivity index (χ3n) is 2.23. The van der Waals surface area contributed by atoms with E-state index in [0.717, 1.165) is 5.56 Å². The average Bonchev–Trinajstić information content (AvgIpc) is 2.30. The summed E-state index contributed by atoms with van der Waals surface area (Å²) in [6.07, 6.45) is -0.593. The number of aliphatic hydroxyl groups excluding tert-OH is 1. The van der Waals surface area contributed by atoms with Crippen LogP contribution < -0.4 is 5.32 Å². The van der Waals surface area contributed by atoms with Crippen LogP contribution in [0.2, 0.25) is 0 Å². The van der Waals surface area contributed by atoms with Crippen LogP contribution in [-0.4, -0.2) is 37.0 Å². The van der Waals surface area contributed by atoms with Gasteiger partial charge in [-0.2, -0.15) is 13.2 Å². The number of alkyl halides is 3. The fourth-order valence-electron chi connectivity index (χ4n) is 1.44. The Labute approximate surface area is 114 Å². The van der Waals surface area contributed by atoms with Crippen LogP contribution in [0.3, 0.4) is 0 Å². The molecular weight excluding hydrogens is 279 g/mol. The lowest BCUT2D eigenvalue weighted by molar-refractivity contribution is -0.0328. The third kappa shape index (κ3) is 7.41. The quantitative estimate of drug-likeness (QED) is 0.758. The molecular formula is C12H16F3NO2S. The monoisotopic (exact) mass is 295 g/mol. The molecule has 0 aliphatic rings. The highest BCUT2D eigenvalue weighted by Crippen LogP contribution is 2.36. The highest BCUT2D eigenvalue weighted by atomic mass is 32.2. The van der Waals surface area contributed by atoms with Crippen molar-refractivity contribution in [2.75, 3.05) is 20.3 Å². The van der Waals surface area contributed by atoms with Crippen LogP contribution >= 0.6 is 11.8 Å². The first-order chi connectivity index (χ1) is 8.90. The number of halogens is 3. The van der Waals surface area contributed by atoms with Crippen LogP contribution in [0.5, 0.6) is 0 Å². The Morgan fingerprint density at radius 2 is 1.95 bits per heavy atom. The van der Waals surface area contributed by atoms with Gasteiger partial charge >= 0.3 is 5.51 Å². The summed E-state index contributed by atoms with van der Waals surface area (Å²) in [6, 6.07) is 6.12. The summed E-state index contributed by atoms with van der Waals surface area (Å²) in [6.45, 7) is 1.10. The zero-order valence-corrected chi connectivity index (χ0v) is 11.2. The van der Waals surface area contributed by atoms with Crippen LogP contribution in [0.15, 0.2) is 29.2 Å². The molecule has 0 amide bonds. The van der Waals surface area contributed by atoms with Crippen molar-refractivity contribution < 1.29 is 23.0 Å². The Morgan fingerprint density at radius 1 is 1.32 bits per heavy atom. The maximum Gasteiger partial charge on any atom is 0.446 e. The fourth-order valence-corrected chi connectivity index (χ4v) is 1.98. The smallest absolute Gasteiger partial charge is 0.389 e. The molecule has 0 radical (unpaired) electrons. The lowest BCUT2D eigenvalue weighted by Crippen LogP contribution is -2.29. The van der Waals surface area contributed by atoms with Crippen LogP contribution in [0, 0.1) is 0 Å². The van der Waals surface area contributed by atoms with Crippen molar-refractivity contribution in [1.82, 2.24) is 5.32 Å². The highest BCUT2D eigenvalue weighted by Gasteiger charge is 2.28. The summed E-state index contributed by atoms with van der Waals surface area (Å²) in [5, 5.41) is 12.4. The summed E-state index contributed by atoms with van der Waals surface area (Å²) in [7, 11) is 1.50. The maximum absolute atomic E-state index is 12.1. The Morgan fingerprint density at radius 3 is 2.47 bits per heavy atom. The molecule has 0 heterocycles. The number of nitrogens with one attached hydrogen (secondary N) is 1. The van der Waals surface area contributed by atoms with Crippen molar-refractivity contribution in [3.63, 3.8) is 0 Å². The fraction of sp³-hybridized carbons (Fsp3) is 0.500. The minimum Gasteiger partial charge on any atom is -0.389 e. The number of benzene rings is 1. The van der Waals surface area contributed by atoms with E-state index in [1.165, 1.54) is 19.2 Å². The predicted octanol–water partition coefficient (Wildman–Crippen LogP) is 2.40. The van der Waals surface area contributed by atoms with Gasteiger partial charge in [0, 0.05) is 25.1 Å². The molecule has 0 fully saturated rings. The number of thioether (sulfide) groups is 1. The van der Waals surface area contributed by atoms with E-state index in [1.807, 2.05) is 0 Å². The number of ether oxygens (including phenoxy) is 1. The summed E-state index contributed by atoms with van der Waals surface area (Å²) in [4.78, 5) is 0.163. The maximum atomic E-state index is 12.1. The molecule has 0 saturated heterocycles. The van der Waals surface area contributed by atoms with E-state index >= 15 is 0 Å². The molecule has 1 aromatic carbocycles. The minimum absolute atomic E-state index is 0.132. The van der Waals surface area contributed by atoms with Crippen molar-refractivity contribution in [2.24, 2.45) is 0 Å². The molecule has 2 N–H and O–H groups in total. The normalized spacial score (nSPS) is 13.5. The van der Waals surface area contributed by atoms with Gasteiger partial charge in [0.1, 0.15) is 0 Å². The van der Waals surface area contributed by atoms with E-state index in [0.29, 0.717) is 13.1 Å². The third-order valence-corrected chi connectivity index (χ3v) is 2.96. The molecule has 19 heavy (non-hydrogen) atoms. The lowest BCUT2D eigenvalue weighted by Gasteiger charge is -2.11. The first-order valence-corrected chi connectivity index (χ1v) is 6.45. The molecule has 0 aromatic heterocycles. The molecule has 0 spiro atoms. The van der Waals surface area contributed by atoms with Crippen molar-refractivity contribution in [3.8, 4) is 0 Å². The van der Waals surface area contributed by atoms with E-state index in [2.05, 4.69) is 5.32 Å². The van der Waals surface area contributed by atoms with Gasteiger partial charge in [-0.25, -0.2) is 0 Å². The topological polar surface area (TPSA) is 41.5 Å². The summed E-state index contributed by atoms with van der Waals surface area (Å²) < 4.78 is 41.1. The molecule has 7 heteroatoms. The Hall–Kier alpha value is -0.760. The van der Waals surface area contributed by atoms with E-state index in [-0.39, 0.29) is 23.3 Å². The van der Waals surface area contributed by atoms with Gasteiger partial charge in [-0.15, -0.1) is 0 Å².